The molecule has 8 heteroatoms. The van der Waals surface area contributed by atoms with Crippen molar-refractivity contribution in [1.29, 1.82) is 0 Å². The largest absolute Gasteiger partial charge is 0.481 e. The lowest BCUT2D eigenvalue weighted by atomic mass is 9.94. The number of halogens is 1. The van der Waals surface area contributed by atoms with Crippen molar-refractivity contribution in [2.75, 3.05) is 7.05 Å². The number of carbonyl (C=O) groups is 2. The zero-order chi connectivity index (χ0) is 31.1. The maximum atomic E-state index is 14.4. The van der Waals surface area contributed by atoms with E-state index in [0.29, 0.717) is 34.6 Å². The average Bonchev–Trinajstić information content (AvgIpc) is 3.32. The Morgan fingerprint density at radius 2 is 1.47 bits per heavy atom. The number of hydrogen-bond acceptors (Lipinski definition) is 4. The van der Waals surface area contributed by atoms with Crippen molar-refractivity contribution in [3.8, 4) is 22.3 Å². The number of aliphatic hydroxyl groups is 2. The van der Waals surface area contributed by atoms with E-state index in [9.17, 15) is 24.2 Å². The SMILES string of the molecule is CC(C)n1c(/C=C/C(O)CC(O)CC(=O)O)c(-c2ccc(F)cc2)c(-c2ccccc2)c1C(=O)N(C)Cc1ccccc1. The van der Waals surface area contributed by atoms with Gasteiger partial charge in [-0.3, -0.25) is 9.59 Å². The maximum Gasteiger partial charge on any atom is 0.305 e. The first-order valence-corrected chi connectivity index (χ1v) is 14.2. The monoisotopic (exact) mass is 584 g/mol. The van der Waals surface area contributed by atoms with E-state index in [4.69, 9.17) is 5.11 Å². The third-order valence-electron chi connectivity index (χ3n) is 7.17. The molecule has 0 saturated carbocycles. The van der Waals surface area contributed by atoms with Crippen LogP contribution in [-0.4, -0.2) is 55.9 Å². The van der Waals surface area contributed by atoms with Gasteiger partial charge in [-0.1, -0.05) is 78.9 Å². The molecule has 43 heavy (non-hydrogen) atoms. The molecule has 4 rings (SSSR count). The van der Waals surface area contributed by atoms with Gasteiger partial charge in [-0.05, 0) is 48.7 Å². The summed E-state index contributed by atoms with van der Waals surface area (Å²) in [5, 5.41) is 29.8. The molecule has 2 atom stereocenters. The molecule has 2 unspecified atom stereocenters. The molecule has 1 amide bonds. The summed E-state index contributed by atoms with van der Waals surface area (Å²) in [5.41, 5.74) is 4.87. The number of benzene rings is 3. The quantitative estimate of drug-likeness (QED) is 0.179. The predicted molar refractivity (Wildman–Crippen MR) is 166 cm³/mol. The fraction of sp³-hybridized carbons (Fsp3) is 0.257. The Kier molecular flexibility index (Phi) is 10.3. The molecule has 0 aliphatic rings. The van der Waals surface area contributed by atoms with Crippen molar-refractivity contribution in [2.45, 2.75) is 51.5 Å². The second-order valence-corrected chi connectivity index (χ2v) is 10.9. The van der Waals surface area contributed by atoms with Crippen LogP contribution in [0.5, 0.6) is 0 Å². The van der Waals surface area contributed by atoms with E-state index in [0.717, 1.165) is 11.1 Å². The number of carboxylic acid groups (broad SMARTS) is 1. The first-order chi connectivity index (χ1) is 20.6. The Labute approximate surface area is 251 Å². The number of nitrogens with zero attached hydrogens (tertiary/aromatic N) is 2. The highest BCUT2D eigenvalue weighted by atomic mass is 19.1. The summed E-state index contributed by atoms with van der Waals surface area (Å²) < 4.78 is 16.0. The first kappa shape index (κ1) is 31.4. The molecular weight excluding hydrogens is 547 g/mol. The number of aromatic nitrogens is 1. The minimum Gasteiger partial charge on any atom is -0.481 e. The van der Waals surface area contributed by atoms with Crippen LogP contribution in [0, 0.1) is 5.82 Å². The van der Waals surface area contributed by atoms with Gasteiger partial charge >= 0.3 is 5.97 Å². The fourth-order valence-corrected chi connectivity index (χ4v) is 5.27. The summed E-state index contributed by atoms with van der Waals surface area (Å²) in [6.07, 6.45) is 0.146. The smallest absolute Gasteiger partial charge is 0.305 e. The van der Waals surface area contributed by atoms with Gasteiger partial charge in [0.2, 0.25) is 0 Å². The van der Waals surface area contributed by atoms with Crippen molar-refractivity contribution in [3.63, 3.8) is 0 Å². The van der Waals surface area contributed by atoms with E-state index in [2.05, 4.69) is 0 Å². The highest BCUT2D eigenvalue weighted by Crippen LogP contribution is 2.43. The zero-order valence-electron chi connectivity index (χ0n) is 24.5. The zero-order valence-corrected chi connectivity index (χ0v) is 24.5. The standard InChI is InChI=1S/C35H37FN2O5/c1-23(2)38-30(19-18-28(39)20-29(40)21-31(41)42)32(26-14-16-27(36)17-15-26)33(25-12-8-5-9-13-25)34(38)35(43)37(3)22-24-10-6-4-7-11-24/h4-19,23,28-29,39-40H,20-22H2,1-3H3,(H,41,42)/b19-18+. The summed E-state index contributed by atoms with van der Waals surface area (Å²) >= 11 is 0. The van der Waals surface area contributed by atoms with Gasteiger partial charge in [0.15, 0.2) is 0 Å². The van der Waals surface area contributed by atoms with Gasteiger partial charge in [0, 0.05) is 42.9 Å². The van der Waals surface area contributed by atoms with Gasteiger partial charge in [-0.25, -0.2) is 4.39 Å². The molecule has 1 heterocycles. The molecule has 4 aromatic rings. The summed E-state index contributed by atoms with van der Waals surface area (Å²) in [7, 11) is 1.75. The normalized spacial score (nSPS) is 12.9. The maximum absolute atomic E-state index is 14.4. The topological polar surface area (TPSA) is 103 Å². The molecule has 7 nitrogen and oxygen atoms in total. The van der Waals surface area contributed by atoms with Crippen LogP contribution in [0.4, 0.5) is 4.39 Å². The molecule has 0 fully saturated rings. The Hall–Kier alpha value is -4.53. The number of aliphatic hydroxyl groups excluding tert-OH is 2. The summed E-state index contributed by atoms with van der Waals surface area (Å²) in [6.45, 7) is 4.30. The van der Waals surface area contributed by atoms with Crippen LogP contribution in [0.1, 0.15) is 54.5 Å². The Bertz CT molecular complexity index is 1560. The van der Waals surface area contributed by atoms with Crippen LogP contribution >= 0.6 is 0 Å². The molecule has 1 aromatic heterocycles. The van der Waals surface area contributed by atoms with Crippen LogP contribution in [0.25, 0.3) is 28.3 Å². The van der Waals surface area contributed by atoms with Gasteiger partial charge in [-0.2, -0.15) is 0 Å². The van der Waals surface area contributed by atoms with Crippen LogP contribution in [0.15, 0.2) is 91.0 Å². The predicted octanol–water partition coefficient (Wildman–Crippen LogP) is 6.41. The van der Waals surface area contributed by atoms with Gasteiger partial charge in [0.1, 0.15) is 11.5 Å². The fourth-order valence-electron chi connectivity index (χ4n) is 5.27. The van der Waals surface area contributed by atoms with Crippen molar-refractivity contribution < 1.29 is 29.3 Å². The van der Waals surface area contributed by atoms with E-state index in [1.165, 1.54) is 18.2 Å². The van der Waals surface area contributed by atoms with Gasteiger partial charge in [-0.15, -0.1) is 0 Å². The van der Waals surface area contributed by atoms with Crippen LogP contribution in [0.3, 0.4) is 0 Å². The molecular formula is C35H37FN2O5. The minimum absolute atomic E-state index is 0.172. The van der Waals surface area contributed by atoms with Crippen LogP contribution in [0.2, 0.25) is 0 Å². The van der Waals surface area contributed by atoms with Gasteiger partial charge < -0.3 is 24.8 Å². The van der Waals surface area contributed by atoms with E-state index >= 15 is 0 Å². The van der Waals surface area contributed by atoms with Crippen molar-refractivity contribution in [2.24, 2.45) is 0 Å². The van der Waals surface area contributed by atoms with Gasteiger partial charge in [0.05, 0.1) is 18.6 Å². The molecule has 0 saturated heterocycles. The molecule has 3 aromatic carbocycles. The number of carbonyl (C=O) groups excluding carboxylic acids is 1. The lowest BCUT2D eigenvalue weighted by molar-refractivity contribution is -0.139. The highest BCUT2D eigenvalue weighted by Gasteiger charge is 2.31. The van der Waals surface area contributed by atoms with Crippen molar-refractivity contribution in [3.05, 3.63) is 114 Å². The van der Waals surface area contributed by atoms with Crippen molar-refractivity contribution >= 4 is 18.0 Å². The third-order valence-corrected chi connectivity index (χ3v) is 7.17. The molecule has 0 aliphatic carbocycles. The lowest BCUT2D eigenvalue weighted by Gasteiger charge is -2.22. The molecule has 3 N–H and O–H groups in total. The second-order valence-electron chi connectivity index (χ2n) is 10.9. The number of hydrogen-bond donors (Lipinski definition) is 3. The van der Waals surface area contributed by atoms with Gasteiger partial charge in [0.25, 0.3) is 5.91 Å². The number of amides is 1. The van der Waals surface area contributed by atoms with E-state index in [-0.39, 0.29) is 18.4 Å². The Morgan fingerprint density at radius 1 is 0.884 bits per heavy atom. The summed E-state index contributed by atoms with van der Waals surface area (Å²) in [6, 6.07) is 25.1. The number of rotatable bonds is 12. The highest BCUT2D eigenvalue weighted by molar-refractivity contribution is 6.06. The second kappa shape index (κ2) is 14.1. The molecule has 0 spiro atoms. The molecule has 0 bridgehead atoms. The minimum atomic E-state index is -1.23. The van der Waals surface area contributed by atoms with E-state index in [1.807, 2.05) is 79.1 Å². The van der Waals surface area contributed by atoms with Crippen LogP contribution < -0.4 is 0 Å². The lowest BCUT2D eigenvalue weighted by Crippen LogP contribution is -2.29. The first-order valence-electron chi connectivity index (χ1n) is 14.2. The Morgan fingerprint density at radius 3 is 2.05 bits per heavy atom. The summed E-state index contributed by atoms with van der Waals surface area (Å²) in [4.78, 5) is 27.0. The Balaban J connectivity index is 1.95. The molecule has 0 aliphatic heterocycles. The third kappa shape index (κ3) is 7.66. The average molecular weight is 585 g/mol. The summed E-state index contributed by atoms with van der Waals surface area (Å²) in [5.74, 6) is -1.77. The van der Waals surface area contributed by atoms with E-state index in [1.54, 1.807) is 30.2 Å². The number of aliphatic carboxylic acids is 1. The van der Waals surface area contributed by atoms with E-state index < -0.39 is 30.4 Å². The van der Waals surface area contributed by atoms with Crippen LogP contribution in [-0.2, 0) is 11.3 Å². The molecule has 0 radical (unpaired) electrons. The number of carboxylic acids is 1. The van der Waals surface area contributed by atoms with Crippen molar-refractivity contribution in [1.82, 2.24) is 9.47 Å². The molecule has 224 valence electrons.